The molecule has 1 aliphatic rings. The molecule has 0 fully saturated rings. The Kier molecular flexibility index (Phi) is 7.65. The predicted octanol–water partition coefficient (Wildman–Crippen LogP) is 3.96. The molecule has 37 heavy (non-hydrogen) atoms. The number of hydrogen-bond acceptors (Lipinski definition) is 5. The molecule has 2 aromatic carbocycles. The molecule has 3 N–H and O–H groups in total. The maximum absolute atomic E-state index is 13.4. The van der Waals surface area contributed by atoms with Gasteiger partial charge in [-0.15, -0.1) is 0 Å². The van der Waals surface area contributed by atoms with Crippen LogP contribution in [0.5, 0.6) is 0 Å². The lowest BCUT2D eigenvalue weighted by molar-refractivity contribution is -0.110. The Balaban J connectivity index is 1.79. The fourth-order valence-electron chi connectivity index (χ4n) is 4.59. The van der Waals surface area contributed by atoms with Crippen molar-refractivity contribution in [1.29, 1.82) is 0 Å². The number of nitrogens with one attached hydrogen (secondary N) is 3. The molecule has 4 rings (SSSR count). The third-order valence-corrected chi connectivity index (χ3v) is 7.75. The maximum atomic E-state index is 13.4. The lowest BCUT2D eigenvalue weighted by atomic mass is 9.97. The van der Waals surface area contributed by atoms with Crippen molar-refractivity contribution in [1.82, 2.24) is 15.2 Å². The van der Waals surface area contributed by atoms with E-state index in [9.17, 15) is 18.0 Å². The molecule has 9 heteroatoms. The van der Waals surface area contributed by atoms with Crippen LogP contribution in [0.2, 0.25) is 0 Å². The summed E-state index contributed by atoms with van der Waals surface area (Å²) in [5.74, 6) is -0.457. The highest BCUT2D eigenvalue weighted by atomic mass is 32.2. The van der Waals surface area contributed by atoms with Crippen LogP contribution in [0, 0.1) is 6.92 Å². The molecule has 0 spiro atoms. The minimum Gasteiger partial charge on any atom is -0.358 e. The van der Waals surface area contributed by atoms with Gasteiger partial charge in [-0.05, 0) is 49.9 Å². The van der Waals surface area contributed by atoms with Gasteiger partial charge in [0.2, 0.25) is 0 Å². The SMILES string of the molecule is CCN(CC)CCNC(=O)c1c(C)[nH]c(/C=C2\C(=O)Nc3ccccc32)c1-c1ccc(S(C)(=O)=O)cc1. The van der Waals surface area contributed by atoms with E-state index in [1.54, 1.807) is 18.2 Å². The van der Waals surface area contributed by atoms with Crippen molar-refractivity contribution in [3.05, 3.63) is 71.0 Å². The number of aryl methyl sites for hydroxylation is 1. The van der Waals surface area contributed by atoms with Crippen LogP contribution in [0.3, 0.4) is 0 Å². The first-order chi connectivity index (χ1) is 17.6. The Hall–Kier alpha value is -3.69. The summed E-state index contributed by atoms with van der Waals surface area (Å²) in [5, 5.41) is 5.89. The number of aromatic amines is 1. The number of sulfone groups is 1. The number of hydrogen-bond donors (Lipinski definition) is 3. The van der Waals surface area contributed by atoms with Gasteiger partial charge in [0.05, 0.1) is 16.0 Å². The van der Waals surface area contributed by atoms with E-state index in [-0.39, 0.29) is 16.7 Å². The second-order valence-electron chi connectivity index (χ2n) is 9.05. The van der Waals surface area contributed by atoms with Crippen LogP contribution in [0.4, 0.5) is 5.69 Å². The molecule has 8 nitrogen and oxygen atoms in total. The van der Waals surface area contributed by atoms with Crippen LogP contribution < -0.4 is 10.6 Å². The van der Waals surface area contributed by atoms with E-state index in [4.69, 9.17) is 0 Å². The van der Waals surface area contributed by atoms with Crippen molar-refractivity contribution in [2.75, 3.05) is 37.8 Å². The highest BCUT2D eigenvalue weighted by Crippen LogP contribution is 2.37. The van der Waals surface area contributed by atoms with Crippen LogP contribution >= 0.6 is 0 Å². The summed E-state index contributed by atoms with van der Waals surface area (Å²) < 4.78 is 24.0. The van der Waals surface area contributed by atoms with Gasteiger partial charge < -0.3 is 20.5 Å². The number of aromatic nitrogens is 1. The van der Waals surface area contributed by atoms with Gasteiger partial charge in [-0.25, -0.2) is 8.42 Å². The largest absolute Gasteiger partial charge is 0.358 e. The summed E-state index contributed by atoms with van der Waals surface area (Å²) in [4.78, 5) is 31.9. The van der Waals surface area contributed by atoms with E-state index in [0.717, 1.165) is 37.1 Å². The van der Waals surface area contributed by atoms with Gasteiger partial charge in [-0.3, -0.25) is 9.59 Å². The van der Waals surface area contributed by atoms with Gasteiger partial charge >= 0.3 is 0 Å². The maximum Gasteiger partial charge on any atom is 0.256 e. The Morgan fingerprint density at radius 1 is 1.05 bits per heavy atom. The summed E-state index contributed by atoms with van der Waals surface area (Å²) in [6.07, 6.45) is 2.91. The zero-order valence-corrected chi connectivity index (χ0v) is 22.3. The molecule has 3 aromatic rings. The van der Waals surface area contributed by atoms with Gasteiger partial charge in [0.25, 0.3) is 11.8 Å². The van der Waals surface area contributed by atoms with Crippen LogP contribution in [0.1, 0.15) is 41.2 Å². The number of amides is 2. The number of carbonyl (C=O) groups excluding carboxylic acids is 2. The Bertz CT molecular complexity index is 1470. The summed E-state index contributed by atoms with van der Waals surface area (Å²) in [6, 6.07) is 13.9. The van der Waals surface area contributed by atoms with E-state index >= 15 is 0 Å². The molecule has 0 atom stereocenters. The van der Waals surface area contributed by atoms with Gasteiger partial charge in [0.15, 0.2) is 9.84 Å². The normalized spacial score (nSPS) is 14.2. The number of likely N-dealkylation sites (N-methyl/N-ethyl adjacent to an activating group) is 1. The number of rotatable bonds is 9. The highest BCUT2D eigenvalue weighted by molar-refractivity contribution is 7.90. The molecule has 0 saturated carbocycles. The standard InChI is InChI=1S/C28H32N4O4S/c1-5-32(6-2)16-15-29-28(34)25-18(3)30-24(17-22-21-9-7-8-10-23(21)31-27(22)33)26(25)19-11-13-20(14-12-19)37(4,35)36/h7-14,17,30H,5-6,15-16H2,1-4H3,(H,29,34)(H,31,33)/b22-17-. The van der Waals surface area contributed by atoms with Crippen LogP contribution in [0.25, 0.3) is 22.8 Å². The smallest absolute Gasteiger partial charge is 0.256 e. The summed E-state index contributed by atoms with van der Waals surface area (Å²) in [5.41, 5.74) is 5.00. The minimum atomic E-state index is -3.37. The topological polar surface area (TPSA) is 111 Å². The zero-order chi connectivity index (χ0) is 26.7. The number of anilines is 1. The average Bonchev–Trinajstić information content (AvgIpc) is 3.37. The lowest BCUT2D eigenvalue weighted by Gasteiger charge is -2.18. The van der Waals surface area contributed by atoms with E-state index in [1.165, 1.54) is 12.1 Å². The monoisotopic (exact) mass is 520 g/mol. The number of H-pyrrole nitrogens is 1. The molecule has 0 unspecified atom stereocenters. The second kappa shape index (κ2) is 10.7. The van der Waals surface area contributed by atoms with Crippen LogP contribution in [-0.4, -0.2) is 62.6 Å². The molecule has 0 aliphatic carbocycles. The average molecular weight is 521 g/mol. The van der Waals surface area contributed by atoms with Gasteiger partial charge in [-0.2, -0.15) is 0 Å². The number of carbonyl (C=O) groups is 2. The number of para-hydroxylation sites is 1. The Morgan fingerprint density at radius 2 is 1.73 bits per heavy atom. The quantitative estimate of drug-likeness (QED) is 0.370. The molecular formula is C28H32N4O4S. The summed E-state index contributed by atoms with van der Waals surface area (Å²) in [6.45, 7) is 8.99. The predicted molar refractivity (Wildman–Crippen MR) is 147 cm³/mol. The molecular weight excluding hydrogens is 488 g/mol. The van der Waals surface area contributed by atoms with Gasteiger partial charge in [0.1, 0.15) is 0 Å². The Labute approximate surface area is 217 Å². The third-order valence-electron chi connectivity index (χ3n) is 6.62. The Morgan fingerprint density at radius 3 is 2.38 bits per heavy atom. The molecule has 0 bridgehead atoms. The molecule has 194 valence electrons. The number of benzene rings is 2. The summed E-state index contributed by atoms with van der Waals surface area (Å²) in [7, 11) is -3.37. The lowest BCUT2D eigenvalue weighted by Crippen LogP contribution is -2.35. The van der Waals surface area contributed by atoms with Crippen molar-refractivity contribution in [2.24, 2.45) is 0 Å². The molecule has 1 aromatic heterocycles. The molecule has 1 aliphatic heterocycles. The van der Waals surface area contributed by atoms with Crippen molar-refractivity contribution >= 4 is 39.0 Å². The molecule has 2 heterocycles. The fourth-order valence-corrected chi connectivity index (χ4v) is 5.22. The van der Waals surface area contributed by atoms with Gasteiger partial charge in [0, 0.05) is 47.5 Å². The van der Waals surface area contributed by atoms with Crippen LogP contribution in [-0.2, 0) is 14.6 Å². The fraction of sp³-hybridized carbons (Fsp3) is 0.286. The molecule has 2 amide bonds. The number of nitrogens with zero attached hydrogens (tertiary/aromatic N) is 1. The second-order valence-corrected chi connectivity index (χ2v) is 11.1. The first-order valence-corrected chi connectivity index (χ1v) is 14.2. The highest BCUT2D eigenvalue weighted by Gasteiger charge is 2.27. The first-order valence-electron chi connectivity index (χ1n) is 12.3. The number of fused-ring (bicyclic) bond motifs is 1. The third kappa shape index (κ3) is 5.52. The van der Waals surface area contributed by atoms with E-state index in [0.29, 0.717) is 40.2 Å². The van der Waals surface area contributed by atoms with E-state index in [2.05, 4.69) is 34.4 Å². The van der Waals surface area contributed by atoms with E-state index < -0.39 is 9.84 Å². The first kappa shape index (κ1) is 26.4. The molecule has 0 radical (unpaired) electrons. The molecule has 0 saturated heterocycles. The van der Waals surface area contributed by atoms with Crippen molar-refractivity contribution in [3.63, 3.8) is 0 Å². The summed E-state index contributed by atoms with van der Waals surface area (Å²) >= 11 is 0. The zero-order valence-electron chi connectivity index (χ0n) is 21.5. The van der Waals surface area contributed by atoms with Crippen molar-refractivity contribution in [3.8, 4) is 11.1 Å². The van der Waals surface area contributed by atoms with Crippen molar-refractivity contribution < 1.29 is 18.0 Å². The van der Waals surface area contributed by atoms with Gasteiger partial charge in [-0.1, -0.05) is 44.2 Å². The van der Waals surface area contributed by atoms with E-state index in [1.807, 2.05) is 31.2 Å². The minimum absolute atomic E-state index is 0.192. The van der Waals surface area contributed by atoms with Crippen molar-refractivity contribution in [2.45, 2.75) is 25.7 Å². The van der Waals surface area contributed by atoms with Crippen LogP contribution in [0.15, 0.2) is 53.4 Å².